The summed E-state index contributed by atoms with van der Waals surface area (Å²) in [5.74, 6) is -0.461. The van der Waals surface area contributed by atoms with E-state index in [4.69, 9.17) is 5.11 Å². The van der Waals surface area contributed by atoms with Crippen molar-refractivity contribution in [2.24, 2.45) is 0 Å². The molecule has 0 spiro atoms. The first-order valence-corrected chi connectivity index (χ1v) is 7.89. The van der Waals surface area contributed by atoms with E-state index < -0.39 is 5.97 Å². The second kappa shape index (κ2) is 12.8. The summed E-state index contributed by atoms with van der Waals surface area (Å²) >= 11 is 0. The molecule has 4 heteroatoms. The Morgan fingerprint density at radius 3 is 1.50 bits per heavy atom. The zero-order valence-corrected chi connectivity index (χ0v) is 12.7. The highest BCUT2D eigenvalue weighted by atomic mass is 16.4. The van der Waals surface area contributed by atoms with E-state index in [1.54, 1.807) is 0 Å². The van der Waals surface area contributed by atoms with Crippen LogP contribution in [-0.4, -0.2) is 21.3 Å². The SMILES string of the molecule is CCCCCCC(O)=C(O)CCCCCCCC(=O)O. The summed E-state index contributed by atoms with van der Waals surface area (Å²) < 4.78 is 0. The molecule has 118 valence electrons. The van der Waals surface area contributed by atoms with Crippen molar-refractivity contribution in [1.29, 1.82) is 0 Å². The standard InChI is InChI=1S/C16H30O4/c1-2-3-4-8-11-14(17)15(18)12-9-6-5-7-10-13-16(19)20/h17-18H,2-13H2,1H3,(H,19,20). The molecule has 20 heavy (non-hydrogen) atoms. The molecule has 0 aromatic heterocycles. The van der Waals surface area contributed by atoms with Gasteiger partial charge in [-0.25, -0.2) is 0 Å². The maximum absolute atomic E-state index is 10.3. The molecule has 0 radical (unpaired) electrons. The van der Waals surface area contributed by atoms with Crippen molar-refractivity contribution in [3.8, 4) is 0 Å². The molecule has 0 rings (SSSR count). The van der Waals surface area contributed by atoms with Crippen LogP contribution in [0.4, 0.5) is 0 Å². The van der Waals surface area contributed by atoms with Crippen LogP contribution >= 0.6 is 0 Å². The Balaban J connectivity index is 3.54. The number of carboxylic acid groups (broad SMARTS) is 1. The van der Waals surface area contributed by atoms with Crippen molar-refractivity contribution in [2.75, 3.05) is 0 Å². The van der Waals surface area contributed by atoms with Crippen LogP contribution < -0.4 is 0 Å². The number of unbranched alkanes of at least 4 members (excludes halogenated alkanes) is 7. The first-order valence-electron chi connectivity index (χ1n) is 7.89. The summed E-state index contributed by atoms with van der Waals surface area (Å²) in [4.78, 5) is 10.3. The Hall–Kier alpha value is -1.19. The zero-order valence-electron chi connectivity index (χ0n) is 12.7. The van der Waals surface area contributed by atoms with Crippen molar-refractivity contribution in [1.82, 2.24) is 0 Å². The smallest absolute Gasteiger partial charge is 0.303 e. The van der Waals surface area contributed by atoms with E-state index in [9.17, 15) is 15.0 Å². The quantitative estimate of drug-likeness (QED) is 0.325. The number of rotatable bonds is 13. The third kappa shape index (κ3) is 11.9. The molecule has 3 N–H and O–H groups in total. The van der Waals surface area contributed by atoms with Gasteiger partial charge in [0.2, 0.25) is 0 Å². The van der Waals surface area contributed by atoms with E-state index in [2.05, 4.69) is 6.92 Å². The van der Waals surface area contributed by atoms with Crippen LogP contribution in [0.5, 0.6) is 0 Å². The maximum atomic E-state index is 10.3. The normalized spacial score (nSPS) is 12.2. The van der Waals surface area contributed by atoms with Gasteiger partial charge < -0.3 is 15.3 Å². The largest absolute Gasteiger partial charge is 0.509 e. The summed E-state index contributed by atoms with van der Waals surface area (Å²) in [5.41, 5.74) is 0. The highest BCUT2D eigenvalue weighted by Crippen LogP contribution is 2.16. The molecule has 4 nitrogen and oxygen atoms in total. The number of aliphatic hydroxyl groups is 2. The lowest BCUT2D eigenvalue weighted by molar-refractivity contribution is -0.137. The first kappa shape index (κ1) is 18.8. The first-order chi connectivity index (χ1) is 9.57. The number of allylic oxidation sites excluding steroid dienone is 2. The lowest BCUT2D eigenvalue weighted by atomic mass is 10.1. The fourth-order valence-electron chi connectivity index (χ4n) is 2.11. The van der Waals surface area contributed by atoms with Crippen molar-refractivity contribution < 1.29 is 20.1 Å². The van der Waals surface area contributed by atoms with Crippen LogP contribution in [0.25, 0.3) is 0 Å². The Morgan fingerprint density at radius 1 is 0.650 bits per heavy atom. The fraction of sp³-hybridized carbons (Fsp3) is 0.812. The van der Waals surface area contributed by atoms with Crippen molar-refractivity contribution in [2.45, 2.75) is 84.0 Å². The van der Waals surface area contributed by atoms with Gasteiger partial charge in [-0.1, -0.05) is 45.4 Å². The van der Waals surface area contributed by atoms with E-state index in [1.165, 1.54) is 12.8 Å². The monoisotopic (exact) mass is 286 g/mol. The molecule has 0 unspecified atom stereocenters. The topological polar surface area (TPSA) is 77.8 Å². The summed E-state index contributed by atoms with van der Waals surface area (Å²) in [6.45, 7) is 2.14. The van der Waals surface area contributed by atoms with E-state index in [-0.39, 0.29) is 17.9 Å². The van der Waals surface area contributed by atoms with Gasteiger partial charge in [0.15, 0.2) is 0 Å². The summed E-state index contributed by atoms with van der Waals surface area (Å²) in [7, 11) is 0. The molecule has 0 bridgehead atoms. The minimum Gasteiger partial charge on any atom is -0.509 e. The number of hydrogen-bond acceptors (Lipinski definition) is 3. The Labute approximate surface area is 122 Å². The molecule has 0 aliphatic rings. The molecular weight excluding hydrogens is 256 g/mol. The van der Waals surface area contributed by atoms with Gasteiger partial charge >= 0.3 is 5.97 Å². The molecule has 0 heterocycles. The number of hydrogen-bond donors (Lipinski definition) is 3. The predicted octanol–water partition coefficient (Wildman–Crippen LogP) is 5.10. The number of aliphatic hydroxyl groups excluding tert-OH is 2. The fourth-order valence-corrected chi connectivity index (χ4v) is 2.11. The van der Waals surface area contributed by atoms with Crippen molar-refractivity contribution in [3.05, 3.63) is 11.5 Å². The maximum Gasteiger partial charge on any atom is 0.303 e. The molecule has 0 saturated heterocycles. The van der Waals surface area contributed by atoms with E-state index in [0.717, 1.165) is 44.9 Å². The number of aliphatic carboxylic acids is 1. The molecule has 0 aliphatic carbocycles. The van der Waals surface area contributed by atoms with Gasteiger partial charge in [-0.05, 0) is 19.3 Å². The minimum absolute atomic E-state index is 0.132. The van der Waals surface area contributed by atoms with Gasteiger partial charge in [0.25, 0.3) is 0 Å². The predicted molar refractivity (Wildman–Crippen MR) is 81.0 cm³/mol. The van der Waals surface area contributed by atoms with Gasteiger partial charge in [0.1, 0.15) is 11.5 Å². The van der Waals surface area contributed by atoms with Crippen LogP contribution in [0, 0.1) is 0 Å². The van der Waals surface area contributed by atoms with Gasteiger partial charge in [0, 0.05) is 19.3 Å². The van der Waals surface area contributed by atoms with Gasteiger partial charge in [0.05, 0.1) is 0 Å². The number of carbonyl (C=O) groups is 1. The highest BCUT2D eigenvalue weighted by molar-refractivity contribution is 5.66. The lowest BCUT2D eigenvalue weighted by Crippen LogP contribution is -1.94. The summed E-state index contributed by atoms with van der Waals surface area (Å²) in [6.07, 6.45) is 10.1. The Kier molecular flexibility index (Phi) is 12.1. The minimum atomic E-state index is -0.737. The summed E-state index contributed by atoms with van der Waals surface area (Å²) in [5, 5.41) is 27.9. The summed E-state index contributed by atoms with van der Waals surface area (Å²) in [6, 6.07) is 0. The van der Waals surface area contributed by atoms with Crippen LogP contribution in [0.3, 0.4) is 0 Å². The molecule has 0 amide bonds. The molecule has 0 atom stereocenters. The van der Waals surface area contributed by atoms with Gasteiger partial charge in [-0.3, -0.25) is 4.79 Å². The van der Waals surface area contributed by atoms with Crippen molar-refractivity contribution >= 4 is 5.97 Å². The third-order valence-electron chi connectivity index (χ3n) is 3.40. The van der Waals surface area contributed by atoms with Crippen LogP contribution in [0.2, 0.25) is 0 Å². The highest BCUT2D eigenvalue weighted by Gasteiger charge is 2.04. The molecule has 0 aliphatic heterocycles. The lowest BCUT2D eigenvalue weighted by Gasteiger charge is -2.05. The second-order valence-corrected chi connectivity index (χ2v) is 5.37. The van der Waals surface area contributed by atoms with Crippen molar-refractivity contribution in [3.63, 3.8) is 0 Å². The van der Waals surface area contributed by atoms with E-state index in [0.29, 0.717) is 12.8 Å². The Morgan fingerprint density at radius 2 is 1.05 bits per heavy atom. The third-order valence-corrected chi connectivity index (χ3v) is 3.40. The average molecular weight is 286 g/mol. The molecule has 0 aromatic rings. The van der Waals surface area contributed by atoms with E-state index >= 15 is 0 Å². The van der Waals surface area contributed by atoms with Gasteiger partial charge in [-0.15, -0.1) is 0 Å². The molecule has 0 aromatic carbocycles. The second-order valence-electron chi connectivity index (χ2n) is 5.37. The van der Waals surface area contributed by atoms with E-state index in [1.807, 2.05) is 0 Å². The van der Waals surface area contributed by atoms with Crippen LogP contribution in [0.15, 0.2) is 11.5 Å². The van der Waals surface area contributed by atoms with Crippen LogP contribution in [-0.2, 0) is 4.79 Å². The molecular formula is C16H30O4. The molecule has 0 saturated carbocycles. The number of carboxylic acids is 1. The molecule has 0 fully saturated rings. The Bertz CT molecular complexity index is 284. The van der Waals surface area contributed by atoms with Gasteiger partial charge in [-0.2, -0.15) is 0 Å². The zero-order chi connectivity index (χ0) is 15.2. The van der Waals surface area contributed by atoms with Crippen LogP contribution in [0.1, 0.15) is 84.0 Å². The average Bonchev–Trinajstić information content (AvgIpc) is 2.41.